The van der Waals surface area contributed by atoms with Gasteiger partial charge in [0.2, 0.25) is 5.91 Å². The van der Waals surface area contributed by atoms with E-state index in [4.69, 9.17) is 17.0 Å². The lowest BCUT2D eigenvalue weighted by Crippen LogP contribution is -2.36. The van der Waals surface area contributed by atoms with Gasteiger partial charge in [-0.1, -0.05) is 13.8 Å². The lowest BCUT2D eigenvalue weighted by Gasteiger charge is -2.17. The summed E-state index contributed by atoms with van der Waals surface area (Å²) in [7, 11) is 0. The molecule has 0 saturated heterocycles. The summed E-state index contributed by atoms with van der Waals surface area (Å²) in [6.45, 7) is 9.24. The molecule has 7 heteroatoms. The number of carbonyl (C=O) groups is 1. The van der Waals surface area contributed by atoms with Gasteiger partial charge in [0.15, 0.2) is 10.6 Å². The fraction of sp³-hybridized carbons (Fsp3) is 0.500. The first kappa shape index (κ1) is 19.2. The molecule has 1 aromatic carbocycles. The minimum Gasteiger partial charge on any atom is -0.494 e. The Labute approximate surface area is 153 Å². The Kier molecular flexibility index (Phi) is 6.75. The number of nitrogens with zero attached hydrogens (tertiary/aromatic N) is 2. The highest BCUT2D eigenvalue weighted by Gasteiger charge is 2.13. The van der Waals surface area contributed by atoms with E-state index in [0.717, 1.165) is 17.1 Å². The SMILES string of the molecule is CCOc1ccc(-c2n[nH]c(=S)n2CCC(=O)NC(C)C(C)C)cc1. The lowest BCUT2D eigenvalue weighted by atomic mass is 10.1. The zero-order chi connectivity index (χ0) is 18.4. The van der Waals surface area contributed by atoms with Crippen molar-refractivity contribution in [2.75, 3.05) is 6.61 Å². The predicted octanol–water partition coefficient (Wildman–Crippen LogP) is 3.56. The summed E-state index contributed by atoms with van der Waals surface area (Å²) in [5.74, 6) is 1.95. The molecule has 0 bridgehead atoms. The van der Waals surface area contributed by atoms with Gasteiger partial charge < -0.3 is 10.1 Å². The van der Waals surface area contributed by atoms with E-state index in [-0.39, 0.29) is 11.9 Å². The van der Waals surface area contributed by atoms with Crippen LogP contribution in [0.3, 0.4) is 0 Å². The van der Waals surface area contributed by atoms with Crippen molar-refractivity contribution in [1.82, 2.24) is 20.1 Å². The summed E-state index contributed by atoms with van der Waals surface area (Å²) in [5, 5.41) is 10.1. The van der Waals surface area contributed by atoms with Crippen molar-refractivity contribution in [3.05, 3.63) is 29.0 Å². The maximum atomic E-state index is 12.1. The second-order valence-electron chi connectivity index (χ2n) is 6.31. The monoisotopic (exact) mass is 362 g/mol. The maximum Gasteiger partial charge on any atom is 0.222 e. The highest BCUT2D eigenvalue weighted by molar-refractivity contribution is 7.71. The fourth-order valence-electron chi connectivity index (χ4n) is 2.32. The van der Waals surface area contributed by atoms with Crippen molar-refractivity contribution in [3.8, 4) is 17.1 Å². The molecule has 1 unspecified atom stereocenters. The molecule has 2 aromatic rings. The van der Waals surface area contributed by atoms with Crippen LogP contribution in [0.1, 0.15) is 34.1 Å². The Bertz CT molecular complexity index is 749. The molecule has 0 aliphatic heterocycles. The van der Waals surface area contributed by atoms with Gasteiger partial charge in [-0.15, -0.1) is 0 Å². The van der Waals surface area contributed by atoms with Crippen LogP contribution in [0.4, 0.5) is 0 Å². The predicted molar refractivity (Wildman–Crippen MR) is 101 cm³/mol. The first-order valence-corrected chi connectivity index (χ1v) is 9.01. The van der Waals surface area contributed by atoms with Gasteiger partial charge >= 0.3 is 0 Å². The highest BCUT2D eigenvalue weighted by Crippen LogP contribution is 2.21. The molecule has 0 aliphatic rings. The number of hydrogen-bond acceptors (Lipinski definition) is 4. The lowest BCUT2D eigenvalue weighted by molar-refractivity contribution is -0.122. The van der Waals surface area contributed by atoms with E-state index in [9.17, 15) is 4.79 Å². The molecule has 1 atom stereocenters. The number of benzene rings is 1. The Morgan fingerprint density at radius 1 is 1.32 bits per heavy atom. The summed E-state index contributed by atoms with van der Waals surface area (Å²) in [5.41, 5.74) is 0.923. The van der Waals surface area contributed by atoms with Gasteiger partial charge in [0.25, 0.3) is 0 Å². The number of rotatable bonds is 8. The summed E-state index contributed by atoms with van der Waals surface area (Å²) in [6, 6.07) is 7.83. The van der Waals surface area contributed by atoms with E-state index >= 15 is 0 Å². The molecule has 25 heavy (non-hydrogen) atoms. The molecule has 0 spiro atoms. The third kappa shape index (κ3) is 5.16. The molecule has 1 amide bonds. The molecule has 1 aromatic heterocycles. The van der Waals surface area contributed by atoms with Gasteiger partial charge in [-0.25, -0.2) is 0 Å². The summed E-state index contributed by atoms with van der Waals surface area (Å²) >= 11 is 5.31. The topological polar surface area (TPSA) is 71.9 Å². The Morgan fingerprint density at radius 2 is 2.00 bits per heavy atom. The van der Waals surface area contributed by atoms with Crippen LogP contribution in [0, 0.1) is 10.7 Å². The number of amides is 1. The van der Waals surface area contributed by atoms with Gasteiger partial charge in [0.1, 0.15) is 5.75 Å². The third-order valence-electron chi connectivity index (χ3n) is 4.13. The molecule has 6 nitrogen and oxygen atoms in total. The molecule has 0 radical (unpaired) electrons. The van der Waals surface area contributed by atoms with Gasteiger partial charge in [-0.05, 0) is 56.2 Å². The number of H-pyrrole nitrogens is 1. The van der Waals surface area contributed by atoms with Crippen molar-refractivity contribution in [1.29, 1.82) is 0 Å². The Hall–Kier alpha value is -2.15. The fourth-order valence-corrected chi connectivity index (χ4v) is 2.54. The van der Waals surface area contributed by atoms with Crippen LogP contribution in [0.5, 0.6) is 5.75 Å². The second-order valence-corrected chi connectivity index (χ2v) is 6.70. The van der Waals surface area contributed by atoms with Crippen LogP contribution in [-0.4, -0.2) is 33.3 Å². The number of nitrogens with one attached hydrogen (secondary N) is 2. The van der Waals surface area contributed by atoms with Gasteiger partial charge in [0.05, 0.1) is 6.61 Å². The first-order valence-electron chi connectivity index (χ1n) is 8.60. The quantitative estimate of drug-likeness (QED) is 0.705. The minimum atomic E-state index is 0.0157. The molecular formula is C18H26N4O2S. The number of aromatic nitrogens is 3. The van der Waals surface area contributed by atoms with Crippen molar-refractivity contribution in [2.24, 2.45) is 5.92 Å². The first-order chi connectivity index (χ1) is 11.9. The van der Waals surface area contributed by atoms with Gasteiger partial charge in [-0.3, -0.25) is 14.5 Å². The zero-order valence-corrected chi connectivity index (χ0v) is 16.0. The Morgan fingerprint density at radius 3 is 2.60 bits per heavy atom. The van der Waals surface area contributed by atoms with Crippen molar-refractivity contribution in [3.63, 3.8) is 0 Å². The average Bonchev–Trinajstić information content (AvgIpc) is 2.94. The molecule has 0 aliphatic carbocycles. The van der Waals surface area contributed by atoms with E-state index < -0.39 is 0 Å². The normalized spacial score (nSPS) is 12.2. The summed E-state index contributed by atoms with van der Waals surface area (Å²) in [6.07, 6.45) is 0.356. The van der Waals surface area contributed by atoms with E-state index in [1.807, 2.05) is 42.7 Å². The molecule has 0 saturated carbocycles. The highest BCUT2D eigenvalue weighted by atomic mass is 32.1. The molecule has 2 N–H and O–H groups in total. The zero-order valence-electron chi connectivity index (χ0n) is 15.2. The van der Waals surface area contributed by atoms with E-state index in [0.29, 0.717) is 30.3 Å². The van der Waals surface area contributed by atoms with Crippen LogP contribution >= 0.6 is 12.2 Å². The van der Waals surface area contributed by atoms with Crippen LogP contribution in [-0.2, 0) is 11.3 Å². The standard InChI is InChI=1S/C18H26N4O2S/c1-5-24-15-8-6-14(7-9-15)17-20-21-18(25)22(17)11-10-16(23)19-13(4)12(2)3/h6-9,12-13H,5,10-11H2,1-4H3,(H,19,23)(H,21,25). The van der Waals surface area contributed by atoms with Crippen LogP contribution in [0.15, 0.2) is 24.3 Å². The largest absolute Gasteiger partial charge is 0.494 e. The van der Waals surface area contributed by atoms with E-state index in [1.54, 1.807) is 0 Å². The molecule has 2 rings (SSSR count). The smallest absolute Gasteiger partial charge is 0.222 e. The number of ether oxygens (including phenoxy) is 1. The average molecular weight is 362 g/mol. The maximum absolute atomic E-state index is 12.1. The van der Waals surface area contributed by atoms with Crippen LogP contribution in [0.25, 0.3) is 11.4 Å². The Balaban J connectivity index is 2.08. The molecule has 1 heterocycles. The third-order valence-corrected chi connectivity index (χ3v) is 4.44. The molecular weight excluding hydrogens is 336 g/mol. The number of aromatic amines is 1. The number of carbonyl (C=O) groups excluding carboxylic acids is 1. The van der Waals surface area contributed by atoms with E-state index in [2.05, 4.69) is 29.4 Å². The molecule has 0 fully saturated rings. The van der Waals surface area contributed by atoms with Crippen molar-refractivity contribution in [2.45, 2.75) is 46.7 Å². The van der Waals surface area contributed by atoms with Crippen molar-refractivity contribution < 1.29 is 9.53 Å². The molecule has 136 valence electrons. The second kappa shape index (κ2) is 8.80. The summed E-state index contributed by atoms with van der Waals surface area (Å²) < 4.78 is 7.82. The minimum absolute atomic E-state index is 0.0157. The van der Waals surface area contributed by atoms with E-state index in [1.165, 1.54) is 0 Å². The van der Waals surface area contributed by atoms with Crippen LogP contribution in [0.2, 0.25) is 0 Å². The van der Waals surface area contributed by atoms with Crippen LogP contribution < -0.4 is 10.1 Å². The van der Waals surface area contributed by atoms with Gasteiger partial charge in [0, 0.05) is 24.6 Å². The summed E-state index contributed by atoms with van der Waals surface area (Å²) in [4.78, 5) is 12.1. The van der Waals surface area contributed by atoms with Gasteiger partial charge in [-0.2, -0.15) is 5.10 Å². The number of hydrogen-bond donors (Lipinski definition) is 2. The van der Waals surface area contributed by atoms with Crippen molar-refractivity contribution >= 4 is 18.1 Å².